The van der Waals surface area contributed by atoms with Crippen LogP contribution in [-0.4, -0.2) is 11.8 Å². The average Bonchev–Trinajstić information content (AvgIpc) is 2.48. The molecule has 1 atom stereocenters. The van der Waals surface area contributed by atoms with Gasteiger partial charge in [-0.2, -0.15) is 0 Å². The Kier molecular flexibility index (Phi) is 5.19. The standard InChI is InChI=1S/C18H26ClNS/c1-12(2)13-3-6-15(7-4-13)20-17-9-10-21-18-8-5-14(19)11-16(17)18/h5,8,11-13,15,17,20H,3-4,6-7,9-10H2,1-2H3. The molecule has 116 valence electrons. The molecule has 3 heteroatoms. The highest BCUT2D eigenvalue weighted by Crippen LogP contribution is 2.39. The summed E-state index contributed by atoms with van der Waals surface area (Å²) in [5, 5.41) is 4.80. The molecule has 0 bridgehead atoms. The van der Waals surface area contributed by atoms with Gasteiger partial charge in [0, 0.05) is 22.0 Å². The molecule has 1 fully saturated rings. The summed E-state index contributed by atoms with van der Waals surface area (Å²) in [5.74, 6) is 3.00. The number of halogens is 1. The number of fused-ring (bicyclic) bond motifs is 1. The SMILES string of the molecule is CC(C)C1CCC(NC2CCSc3ccc(Cl)cc32)CC1. The summed E-state index contributed by atoms with van der Waals surface area (Å²) in [6, 6.07) is 7.57. The van der Waals surface area contributed by atoms with E-state index < -0.39 is 0 Å². The largest absolute Gasteiger partial charge is 0.307 e. The normalized spacial score (nSPS) is 29.4. The van der Waals surface area contributed by atoms with Gasteiger partial charge in [0.25, 0.3) is 0 Å². The van der Waals surface area contributed by atoms with Crippen LogP contribution in [0.2, 0.25) is 5.02 Å². The molecule has 1 heterocycles. The van der Waals surface area contributed by atoms with Gasteiger partial charge in [-0.1, -0.05) is 25.4 Å². The first-order valence-corrected chi connectivity index (χ1v) is 9.68. The van der Waals surface area contributed by atoms with Crippen molar-refractivity contribution in [2.45, 2.75) is 62.9 Å². The van der Waals surface area contributed by atoms with E-state index in [4.69, 9.17) is 11.6 Å². The minimum absolute atomic E-state index is 0.501. The van der Waals surface area contributed by atoms with Gasteiger partial charge in [-0.25, -0.2) is 0 Å². The zero-order valence-electron chi connectivity index (χ0n) is 13.1. The van der Waals surface area contributed by atoms with Crippen LogP contribution in [-0.2, 0) is 0 Å². The number of thioether (sulfide) groups is 1. The summed E-state index contributed by atoms with van der Waals surface area (Å²) in [5.41, 5.74) is 1.42. The summed E-state index contributed by atoms with van der Waals surface area (Å²) in [6.07, 6.45) is 6.67. The van der Waals surface area contributed by atoms with Crippen molar-refractivity contribution in [1.82, 2.24) is 5.32 Å². The molecule has 1 N–H and O–H groups in total. The lowest BCUT2D eigenvalue weighted by molar-refractivity contribution is 0.227. The molecule has 0 radical (unpaired) electrons. The van der Waals surface area contributed by atoms with Gasteiger partial charge in [-0.15, -0.1) is 11.8 Å². The van der Waals surface area contributed by atoms with Crippen molar-refractivity contribution >= 4 is 23.4 Å². The lowest BCUT2D eigenvalue weighted by atomic mass is 9.79. The molecule has 0 spiro atoms. The number of hydrogen-bond donors (Lipinski definition) is 1. The Morgan fingerprint density at radius 3 is 2.62 bits per heavy atom. The van der Waals surface area contributed by atoms with Gasteiger partial charge in [0.1, 0.15) is 0 Å². The summed E-state index contributed by atoms with van der Waals surface area (Å²) < 4.78 is 0. The molecule has 1 saturated carbocycles. The second-order valence-corrected chi connectivity index (χ2v) is 8.47. The maximum atomic E-state index is 6.20. The van der Waals surface area contributed by atoms with E-state index in [0.717, 1.165) is 16.9 Å². The smallest absolute Gasteiger partial charge is 0.0410 e. The summed E-state index contributed by atoms with van der Waals surface area (Å²) >= 11 is 8.17. The number of nitrogens with one attached hydrogen (secondary N) is 1. The molecule has 1 aromatic carbocycles. The maximum Gasteiger partial charge on any atom is 0.0410 e. The quantitative estimate of drug-likeness (QED) is 0.767. The van der Waals surface area contributed by atoms with Crippen LogP contribution in [0, 0.1) is 11.8 Å². The van der Waals surface area contributed by atoms with Crippen LogP contribution in [0.25, 0.3) is 0 Å². The minimum Gasteiger partial charge on any atom is -0.307 e. The van der Waals surface area contributed by atoms with Crippen molar-refractivity contribution in [2.75, 3.05) is 5.75 Å². The third kappa shape index (κ3) is 3.78. The number of benzene rings is 1. The molecule has 3 rings (SSSR count). The fourth-order valence-corrected chi connectivity index (χ4v) is 5.06. The fraction of sp³-hybridized carbons (Fsp3) is 0.667. The molecular weight excluding hydrogens is 298 g/mol. The van der Waals surface area contributed by atoms with E-state index in [0.29, 0.717) is 12.1 Å². The van der Waals surface area contributed by atoms with Gasteiger partial charge >= 0.3 is 0 Å². The molecule has 0 saturated heterocycles. The molecule has 1 aliphatic heterocycles. The molecule has 21 heavy (non-hydrogen) atoms. The van der Waals surface area contributed by atoms with E-state index >= 15 is 0 Å². The Morgan fingerprint density at radius 2 is 1.90 bits per heavy atom. The zero-order valence-corrected chi connectivity index (χ0v) is 14.6. The first-order valence-electron chi connectivity index (χ1n) is 8.32. The van der Waals surface area contributed by atoms with E-state index in [1.165, 1.54) is 48.3 Å². The third-order valence-electron chi connectivity index (χ3n) is 5.16. The van der Waals surface area contributed by atoms with Crippen molar-refractivity contribution in [3.8, 4) is 0 Å². The number of rotatable bonds is 3. The van der Waals surface area contributed by atoms with Crippen LogP contribution < -0.4 is 5.32 Å². The molecule has 2 aliphatic rings. The molecular formula is C18H26ClNS. The molecule has 0 amide bonds. The van der Waals surface area contributed by atoms with E-state index in [-0.39, 0.29) is 0 Å². The molecule has 1 unspecified atom stereocenters. The van der Waals surface area contributed by atoms with E-state index in [9.17, 15) is 0 Å². The lowest BCUT2D eigenvalue weighted by Gasteiger charge is -2.35. The Hall–Kier alpha value is -0.180. The van der Waals surface area contributed by atoms with Crippen molar-refractivity contribution in [3.63, 3.8) is 0 Å². The molecule has 1 aliphatic carbocycles. The molecule has 0 aromatic heterocycles. The topological polar surface area (TPSA) is 12.0 Å². The Bertz CT molecular complexity index is 480. The second kappa shape index (κ2) is 6.93. The molecule has 1 nitrogen and oxygen atoms in total. The van der Waals surface area contributed by atoms with Crippen LogP contribution in [0.15, 0.2) is 23.1 Å². The van der Waals surface area contributed by atoms with E-state index in [2.05, 4.69) is 31.3 Å². The van der Waals surface area contributed by atoms with Crippen molar-refractivity contribution in [1.29, 1.82) is 0 Å². The van der Waals surface area contributed by atoms with Crippen LogP contribution >= 0.6 is 23.4 Å². The van der Waals surface area contributed by atoms with Crippen molar-refractivity contribution in [3.05, 3.63) is 28.8 Å². The predicted octanol–water partition coefficient (Wildman–Crippen LogP) is 5.68. The first kappa shape index (κ1) is 15.7. The monoisotopic (exact) mass is 323 g/mol. The van der Waals surface area contributed by atoms with Gasteiger partial charge in [-0.3, -0.25) is 0 Å². The Labute approximate surface area is 138 Å². The van der Waals surface area contributed by atoms with Gasteiger partial charge in [0.2, 0.25) is 0 Å². The Morgan fingerprint density at radius 1 is 1.14 bits per heavy atom. The number of hydrogen-bond acceptors (Lipinski definition) is 2. The van der Waals surface area contributed by atoms with E-state index in [1.54, 1.807) is 0 Å². The van der Waals surface area contributed by atoms with Crippen LogP contribution in [0.1, 0.15) is 57.6 Å². The summed E-state index contributed by atoms with van der Waals surface area (Å²) in [6.45, 7) is 4.74. The van der Waals surface area contributed by atoms with Gasteiger partial charge in [0.05, 0.1) is 0 Å². The fourth-order valence-electron chi connectivity index (χ4n) is 3.78. The highest BCUT2D eigenvalue weighted by Gasteiger charge is 2.27. The molecule has 1 aromatic rings. The first-order chi connectivity index (χ1) is 10.1. The average molecular weight is 324 g/mol. The highest BCUT2D eigenvalue weighted by molar-refractivity contribution is 7.99. The third-order valence-corrected chi connectivity index (χ3v) is 6.52. The van der Waals surface area contributed by atoms with Crippen LogP contribution in [0.3, 0.4) is 0 Å². The zero-order chi connectivity index (χ0) is 14.8. The summed E-state index contributed by atoms with van der Waals surface area (Å²) in [7, 11) is 0. The van der Waals surface area contributed by atoms with Crippen molar-refractivity contribution in [2.24, 2.45) is 11.8 Å². The summed E-state index contributed by atoms with van der Waals surface area (Å²) in [4.78, 5) is 1.42. The second-order valence-electron chi connectivity index (χ2n) is 6.89. The van der Waals surface area contributed by atoms with Gasteiger partial charge in [0.15, 0.2) is 0 Å². The Balaban J connectivity index is 1.63. The highest BCUT2D eigenvalue weighted by atomic mass is 35.5. The predicted molar refractivity (Wildman–Crippen MR) is 93.3 cm³/mol. The minimum atomic E-state index is 0.501. The van der Waals surface area contributed by atoms with Gasteiger partial charge < -0.3 is 5.32 Å². The van der Waals surface area contributed by atoms with Crippen LogP contribution in [0.5, 0.6) is 0 Å². The lowest BCUT2D eigenvalue weighted by Crippen LogP contribution is -2.37. The van der Waals surface area contributed by atoms with E-state index in [1.807, 2.05) is 17.8 Å². The maximum absolute atomic E-state index is 6.20. The van der Waals surface area contributed by atoms with Crippen molar-refractivity contribution < 1.29 is 0 Å². The van der Waals surface area contributed by atoms with Crippen LogP contribution in [0.4, 0.5) is 0 Å². The van der Waals surface area contributed by atoms with Gasteiger partial charge in [-0.05, 0) is 73.5 Å².